The fourth-order valence-electron chi connectivity index (χ4n) is 2.85. The van der Waals surface area contributed by atoms with Crippen molar-refractivity contribution in [2.45, 2.75) is 76.7 Å². The number of nitrogens with one attached hydrogen (secondary N) is 1. The van der Waals surface area contributed by atoms with Crippen LogP contribution in [0.4, 0.5) is 31.1 Å². The van der Waals surface area contributed by atoms with E-state index >= 15 is 0 Å². The average Bonchev–Trinajstić information content (AvgIpc) is 2.95. The first-order chi connectivity index (χ1) is 14.7. The van der Waals surface area contributed by atoms with E-state index in [2.05, 4.69) is 4.72 Å². The van der Waals surface area contributed by atoms with Crippen molar-refractivity contribution in [3.63, 3.8) is 0 Å². The van der Waals surface area contributed by atoms with E-state index in [1.54, 1.807) is 20.8 Å². The molecule has 1 N–H and O–H groups in total. The number of hydrogen-bond acceptors (Lipinski definition) is 3. The second-order valence-corrected chi connectivity index (χ2v) is 11.5. The summed E-state index contributed by atoms with van der Waals surface area (Å²) in [5, 5.41) is 0.0199. The summed E-state index contributed by atoms with van der Waals surface area (Å²) in [5.41, 5.74) is -2.35. The maximum atomic E-state index is 13.7. The molecule has 2 rings (SSSR count). The van der Waals surface area contributed by atoms with Gasteiger partial charge >= 0.3 is 18.4 Å². The van der Waals surface area contributed by atoms with Crippen molar-refractivity contribution in [3.8, 4) is 0 Å². The van der Waals surface area contributed by atoms with Gasteiger partial charge in [-0.25, -0.2) is 13.7 Å². The highest BCUT2D eigenvalue weighted by molar-refractivity contribution is 7.84. The van der Waals surface area contributed by atoms with Crippen LogP contribution in [0, 0.1) is 0 Å². The molecule has 0 fully saturated rings. The molecule has 1 aromatic heterocycles. The minimum atomic E-state index is -4.81. The van der Waals surface area contributed by atoms with Gasteiger partial charge < -0.3 is 4.74 Å². The molecule has 1 aromatic carbocycles. The normalized spacial score (nSPS) is 15.5. The number of aromatic nitrogens is 1. The van der Waals surface area contributed by atoms with Gasteiger partial charge in [0.15, 0.2) is 0 Å². The van der Waals surface area contributed by atoms with Crippen molar-refractivity contribution in [1.29, 1.82) is 0 Å². The average molecular weight is 501 g/mol. The Bertz CT molecular complexity index is 1050. The number of benzene rings is 1. The molecule has 0 spiro atoms. The van der Waals surface area contributed by atoms with Crippen molar-refractivity contribution >= 4 is 28.0 Å². The summed E-state index contributed by atoms with van der Waals surface area (Å²) >= 11 is 0. The molecule has 2 atom stereocenters. The molecule has 0 saturated carbocycles. The van der Waals surface area contributed by atoms with Crippen molar-refractivity contribution in [2.75, 3.05) is 0 Å². The SMILES string of the molecule is CC(C)(C)OC(=O)n1cc(C[C@H](NS(=O)C(C)(C)C)C(F)(F)F)c2ccc(C(F)(F)F)cc21. The highest BCUT2D eigenvalue weighted by atomic mass is 32.2. The molecule has 0 bridgehead atoms. The Morgan fingerprint density at radius 1 is 1.06 bits per heavy atom. The number of hydrogen-bond donors (Lipinski definition) is 1. The molecule has 33 heavy (non-hydrogen) atoms. The predicted octanol–water partition coefficient (Wildman–Crippen LogP) is 5.97. The van der Waals surface area contributed by atoms with Crippen LogP contribution in [0.1, 0.15) is 52.7 Å². The number of ether oxygens (including phenoxy) is 1. The van der Waals surface area contributed by atoms with Gasteiger partial charge in [-0.2, -0.15) is 26.3 Å². The number of nitrogens with zero attached hydrogens (tertiary/aromatic N) is 1. The zero-order chi connectivity index (χ0) is 25.6. The van der Waals surface area contributed by atoms with Gasteiger partial charge in [0.2, 0.25) is 0 Å². The summed E-state index contributed by atoms with van der Waals surface area (Å²) in [7, 11) is -2.07. The summed E-state index contributed by atoms with van der Waals surface area (Å²) in [6.07, 6.45) is -10.3. The monoisotopic (exact) mass is 500 g/mol. The van der Waals surface area contributed by atoms with Gasteiger partial charge in [-0.1, -0.05) is 6.07 Å². The molecule has 2 aromatic rings. The number of halogens is 6. The minimum absolute atomic E-state index is 0.0199. The molecule has 186 valence electrons. The third-order valence-corrected chi connectivity index (χ3v) is 6.04. The maximum absolute atomic E-state index is 13.7. The van der Waals surface area contributed by atoms with Crippen molar-refractivity contribution in [1.82, 2.24) is 9.29 Å². The quantitative estimate of drug-likeness (QED) is 0.527. The van der Waals surface area contributed by atoms with Crippen LogP contribution in [-0.2, 0) is 28.3 Å². The van der Waals surface area contributed by atoms with Gasteiger partial charge in [0.05, 0.1) is 26.8 Å². The Morgan fingerprint density at radius 2 is 1.64 bits per heavy atom. The lowest BCUT2D eigenvalue weighted by Crippen LogP contribution is -2.48. The van der Waals surface area contributed by atoms with Crippen LogP contribution in [0.15, 0.2) is 24.4 Å². The fraction of sp³-hybridized carbons (Fsp3) is 0.571. The van der Waals surface area contributed by atoms with Crippen LogP contribution in [0.2, 0.25) is 0 Å². The van der Waals surface area contributed by atoms with Crippen molar-refractivity contribution < 1.29 is 40.1 Å². The lowest BCUT2D eigenvalue weighted by atomic mass is 10.0. The van der Waals surface area contributed by atoms with Gasteiger partial charge in [0, 0.05) is 11.6 Å². The second kappa shape index (κ2) is 8.94. The Labute approximate surface area is 190 Å². The van der Waals surface area contributed by atoms with Crippen LogP contribution < -0.4 is 4.72 Å². The zero-order valence-corrected chi connectivity index (χ0v) is 19.8. The molecule has 1 heterocycles. The molecule has 0 radical (unpaired) electrons. The zero-order valence-electron chi connectivity index (χ0n) is 18.9. The Hall–Kier alpha value is -2.08. The lowest BCUT2D eigenvalue weighted by Gasteiger charge is -2.25. The lowest BCUT2D eigenvalue weighted by molar-refractivity contribution is -0.150. The van der Waals surface area contributed by atoms with Crippen LogP contribution in [0.5, 0.6) is 0 Å². The van der Waals surface area contributed by atoms with E-state index in [9.17, 15) is 35.3 Å². The third kappa shape index (κ3) is 6.95. The number of carbonyl (C=O) groups excluding carboxylic acids is 1. The molecular weight excluding hydrogens is 474 g/mol. The number of rotatable bonds is 4. The van der Waals surface area contributed by atoms with Crippen LogP contribution in [0.3, 0.4) is 0 Å². The summed E-state index contributed by atoms with van der Waals surface area (Å²) in [5.74, 6) is 0. The maximum Gasteiger partial charge on any atom is 0.419 e. The standard InChI is InChI=1S/C21H26F6N2O3S/c1-18(2,3)32-17(30)29-11-12(14-8-7-13(10-15(14)29)20(22,23)24)9-16(21(25,26)27)28-33(31)19(4,5)6/h7-8,10-11,16,28H,9H2,1-6H3/t16-,33?/m0/s1. The van der Waals surface area contributed by atoms with E-state index < -0.39 is 57.8 Å². The van der Waals surface area contributed by atoms with E-state index in [1.807, 2.05) is 0 Å². The van der Waals surface area contributed by atoms with E-state index in [4.69, 9.17) is 4.74 Å². The molecule has 5 nitrogen and oxygen atoms in total. The van der Waals surface area contributed by atoms with Crippen LogP contribution >= 0.6 is 0 Å². The molecule has 0 amide bonds. The van der Waals surface area contributed by atoms with E-state index in [0.717, 1.165) is 22.9 Å². The van der Waals surface area contributed by atoms with Crippen LogP contribution in [-0.4, -0.2) is 37.4 Å². The van der Waals surface area contributed by atoms with E-state index in [0.29, 0.717) is 6.07 Å². The Balaban J connectivity index is 2.60. The van der Waals surface area contributed by atoms with Gasteiger partial charge in [-0.05, 0) is 65.7 Å². The first-order valence-corrected chi connectivity index (χ1v) is 11.0. The number of carbonyl (C=O) groups is 1. The van der Waals surface area contributed by atoms with Gasteiger partial charge in [0.1, 0.15) is 11.6 Å². The fourth-order valence-corrected chi connectivity index (χ4v) is 3.68. The van der Waals surface area contributed by atoms with Crippen LogP contribution in [0.25, 0.3) is 10.9 Å². The third-order valence-electron chi connectivity index (χ3n) is 4.43. The van der Waals surface area contributed by atoms with Gasteiger partial charge in [0.25, 0.3) is 0 Å². The summed E-state index contributed by atoms with van der Waals surface area (Å²) in [6.45, 7) is 9.13. The molecule has 12 heteroatoms. The van der Waals surface area contributed by atoms with Gasteiger partial charge in [-0.3, -0.25) is 4.57 Å². The number of alkyl halides is 6. The predicted molar refractivity (Wildman–Crippen MR) is 113 cm³/mol. The largest absolute Gasteiger partial charge is 0.443 e. The van der Waals surface area contributed by atoms with E-state index in [1.165, 1.54) is 20.8 Å². The van der Waals surface area contributed by atoms with E-state index in [-0.39, 0.29) is 16.5 Å². The van der Waals surface area contributed by atoms with Crippen molar-refractivity contribution in [3.05, 3.63) is 35.5 Å². The number of fused-ring (bicyclic) bond motifs is 1. The highest BCUT2D eigenvalue weighted by Crippen LogP contribution is 2.35. The second-order valence-electron chi connectivity index (χ2n) is 9.53. The molecular formula is C21H26F6N2O3S. The highest BCUT2D eigenvalue weighted by Gasteiger charge is 2.42. The molecule has 1 unspecified atom stereocenters. The summed E-state index contributed by atoms with van der Waals surface area (Å²) in [6, 6.07) is 0.168. The molecule has 0 aliphatic carbocycles. The molecule has 0 saturated heterocycles. The first kappa shape index (κ1) is 27.2. The molecule has 0 aliphatic heterocycles. The summed E-state index contributed by atoms with van der Waals surface area (Å²) < 4.78 is 100. The topological polar surface area (TPSA) is 60.3 Å². The van der Waals surface area contributed by atoms with Crippen molar-refractivity contribution in [2.24, 2.45) is 0 Å². The smallest absolute Gasteiger partial charge is 0.419 e. The van der Waals surface area contributed by atoms with Gasteiger partial charge in [-0.15, -0.1) is 0 Å². The minimum Gasteiger partial charge on any atom is -0.443 e. The first-order valence-electron chi connectivity index (χ1n) is 9.89. The Kier molecular flexibility index (Phi) is 7.36. The Morgan fingerprint density at radius 3 is 2.09 bits per heavy atom. The molecule has 0 aliphatic rings. The summed E-state index contributed by atoms with van der Waals surface area (Å²) in [4.78, 5) is 12.6.